The van der Waals surface area contributed by atoms with Gasteiger partial charge in [0.15, 0.2) is 0 Å². The van der Waals surface area contributed by atoms with E-state index in [4.69, 9.17) is 0 Å². The first-order chi connectivity index (χ1) is 9.83. The van der Waals surface area contributed by atoms with E-state index in [1.807, 2.05) is 69.2 Å². The van der Waals surface area contributed by atoms with E-state index < -0.39 is 0 Å². The van der Waals surface area contributed by atoms with Crippen LogP contribution in [0.1, 0.15) is 125 Å². The number of rotatable bonds is 0. The summed E-state index contributed by atoms with van der Waals surface area (Å²) in [5.41, 5.74) is 0. The van der Waals surface area contributed by atoms with Crippen molar-refractivity contribution < 1.29 is 0 Å². The van der Waals surface area contributed by atoms with Crippen LogP contribution in [-0.4, -0.2) is 0 Å². The van der Waals surface area contributed by atoms with Crippen molar-refractivity contribution in [2.45, 2.75) is 125 Å². The zero-order valence-electron chi connectivity index (χ0n) is 18.2. The van der Waals surface area contributed by atoms with Crippen LogP contribution in [0.2, 0.25) is 0 Å². The Bertz CT molecular complexity index is 12.0. The van der Waals surface area contributed by atoms with Crippen molar-refractivity contribution in [2.24, 2.45) is 0 Å². The van der Waals surface area contributed by atoms with E-state index in [0.29, 0.717) is 0 Å². The van der Waals surface area contributed by atoms with Gasteiger partial charge in [0.2, 0.25) is 0 Å². The SMILES string of the molecule is C.C.C=C.C=C.CC.CC.CC.CC.CC.CCC.CCC. The quantitative estimate of drug-likeness (QED) is 0.388. The highest BCUT2D eigenvalue weighted by atomic mass is 13.4. The van der Waals surface area contributed by atoms with Gasteiger partial charge < -0.3 is 0 Å². The van der Waals surface area contributed by atoms with Crippen LogP contribution in [0.5, 0.6) is 0 Å². The van der Waals surface area contributed by atoms with Crippen LogP contribution < -0.4 is 0 Å². The van der Waals surface area contributed by atoms with Gasteiger partial charge in [-0.15, -0.1) is 26.3 Å². The Hall–Kier alpha value is -0.520. The monoisotopic (exact) mass is 326 g/mol. The maximum atomic E-state index is 3.00. The molecule has 0 aromatic rings. The van der Waals surface area contributed by atoms with Crippen LogP contribution in [-0.2, 0) is 0 Å². The zero-order chi connectivity index (χ0) is 19.4. The lowest BCUT2D eigenvalue weighted by molar-refractivity contribution is 1.09. The Kier molecular flexibility index (Phi) is 13200. The highest BCUT2D eigenvalue weighted by Crippen LogP contribution is 1.56. The standard InChI is InChI=1S/2C3H8.5C2H6.2C2H4.2CH4/c2*1-3-2;7*1-2;;/h2*3H2,1-2H3;5*1-2H3;2*1-2H2;2*1H4. The molecule has 0 saturated carbocycles. The Balaban J connectivity index is -0.00000000685. The molecule has 150 valence electrons. The highest BCUT2D eigenvalue weighted by Gasteiger charge is 1.36. The van der Waals surface area contributed by atoms with Gasteiger partial charge in [-0.25, -0.2) is 0 Å². The third-order valence-corrected chi connectivity index (χ3v) is 0. The molecular weight excluding hydrogens is 264 g/mol. The lowest BCUT2D eigenvalue weighted by Crippen LogP contribution is -1.27. The van der Waals surface area contributed by atoms with E-state index in [-0.39, 0.29) is 14.9 Å². The summed E-state index contributed by atoms with van der Waals surface area (Å²) in [4.78, 5) is 0. The van der Waals surface area contributed by atoms with Crippen molar-refractivity contribution >= 4 is 0 Å². The van der Waals surface area contributed by atoms with Crippen LogP contribution in [0.4, 0.5) is 0 Å². The molecule has 0 atom stereocenters. The largest absolute Gasteiger partial charge is 0.106 e. The fourth-order valence-corrected chi connectivity index (χ4v) is 0. The minimum atomic E-state index is 0. The van der Waals surface area contributed by atoms with Gasteiger partial charge in [-0.2, -0.15) is 0 Å². The molecule has 0 spiro atoms. The van der Waals surface area contributed by atoms with E-state index in [1.165, 1.54) is 12.8 Å². The number of hydrogen-bond acceptors (Lipinski definition) is 0. The van der Waals surface area contributed by atoms with Gasteiger partial charge in [-0.1, -0.05) is 125 Å². The van der Waals surface area contributed by atoms with E-state index >= 15 is 0 Å². The molecule has 0 heteroatoms. The molecule has 0 aromatic carbocycles. The zero-order valence-corrected chi connectivity index (χ0v) is 18.2. The van der Waals surface area contributed by atoms with E-state index in [0.717, 1.165) is 0 Å². The molecule has 0 fully saturated rings. The van der Waals surface area contributed by atoms with Gasteiger partial charge in [-0.3, -0.25) is 0 Å². The minimum Gasteiger partial charge on any atom is -0.106 e. The fourth-order valence-electron chi connectivity index (χ4n) is 0. The minimum absolute atomic E-state index is 0. The van der Waals surface area contributed by atoms with Gasteiger partial charge in [0.05, 0.1) is 0 Å². The molecule has 0 radical (unpaired) electrons. The molecule has 0 unspecified atom stereocenters. The molecule has 0 rings (SSSR count). The predicted molar refractivity (Wildman–Crippen MR) is 125 cm³/mol. The molecule has 0 aliphatic heterocycles. The smallest absolute Gasteiger partial charge is 0.0590 e. The van der Waals surface area contributed by atoms with E-state index in [9.17, 15) is 0 Å². The van der Waals surface area contributed by atoms with Gasteiger partial charge in [-0.05, 0) is 0 Å². The first-order valence-electron chi connectivity index (χ1n) is 8.83. The third kappa shape index (κ3) is 24600. The predicted octanol–water partition coefficient (Wildman–Crippen LogP) is 10.8. The molecule has 0 nitrogen and oxygen atoms in total. The topological polar surface area (TPSA) is 0 Å². The van der Waals surface area contributed by atoms with Crippen LogP contribution in [0, 0.1) is 0 Å². The van der Waals surface area contributed by atoms with Gasteiger partial charge >= 0.3 is 0 Å². The Morgan fingerprint density at radius 3 is 0.364 bits per heavy atom. The second-order valence-corrected chi connectivity index (χ2v) is 1.41. The lowest BCUT2D eigenvalue weighted by atomic mass is 10.6. The van der Waals surface area contributed by atoms with Crippen molar-refractivity contribution in [2.75, 3.05) is 0 Å². The van der Waals surface area contributed by atoms with Gasteiger partial charge in [0, 0.05) is 0 Å². The summed E-state index contributed by atoms with van der Waals surface area (Å²) < 4.78 is 0. The molecule has 0 heterocycles. The van der Waals surface area contributed by atoms with Gasteiger partial charge in [0.25, 0.3) is 0 Å². The molecule has 0 aliphatic carbocycles. The summed E-state index contributed by atoms with van der Waals surface area (Å²) >= 11 is 0. The fraction of sp³-hybridized carbons (Fsp3) is 0.818. The second kappa shape index (κ2) is 3550. The van der Waals surface area contributed by atoms with Crippen LogP contribution in [0.25, 0.3) is 0 Å². The summed E-state index contributed by atoms with van der Waals surface area (Å²) in [5.74, 6) is 0. The van der Waals surface area contributed by atoms with Crippen LogP contribution in [0.15, 0.2) is 26.3 Å². The molecule has 0 aromatic heterocycles. The highest BCUT2D eigenvalue weighted by molar-refractivity contribution is 4.22. The Morgan fingerprint density at radius 1 is 0.364 bits per heavy atom. The second-order valence-electron chi connectivity index (χ2n) is 1.41. The van der Waals surface area contributed by atoms with Crippen molar-refractivity contribution in [3.05, 3.63) is 26.3 Å². The van der Waals surface area contributed by atoms with Crippen LogP contribution in [0.3, 0.4) is 0 Å². The third-order valence-electron chi connectivity index (χ3n) is 0. The molecule has 0 amide bonds. The Morgan fingerprint density at radius 2 is 0.364 bits per heavy atom. The maximum absolute atomic E-state index is 3.00. The molecule has 0 saturated heterocycles. The molecule has 22 heavy (non-hydrogen) atoms. The first-order valence-corrected chi connectivity index (χ1v) is 8.83. The molecule has 0 N–H and O–H groups in total. The van der Waals surface area contributed by atoms with Gasteiger partial charge in [0.1, 0.15) is 0 Å². The average Bonchev–Trinajstić information content (AvgIpc) is 2.61. The van der Waals surface area contributed by atoms with E-state index in [1.54, 1.807) is 0 Å². The summed E-state index contributed by atoms with van der Waals surface area (Å²) in [7, 11) is 0. The molecular formula is C22H62. The lowest BCUT2D eigenvalue weighted by Gasteiger charge is -1.48. The van der Waals surface area contributed by atoms with Crippen molar-refractivity contribution in [1.29, 1.82) is 0 Å². The average molecular weight is 327 g/mol. The van der Waals surface area contributed by atoms with Crippen molar-refractivity contribution in [3.63, 3.8) is 0 Å². The molecule has 0 bridgehead atoms. The maximum Gasteiger partial charge on any atom is -0.0590 e. The summed E-state index contributed by atoms with van der Waals surface area (Å²) in [6, 6.07) is 0. The van der Waals surface area contributed by atoms with Crippen LogP contribution >= 0.6 is 0 Å². The van der Waals surface area contributed by atoms with Crippen molar-refractivity contribution in [1.82, 2.24) is 0 Å². The normalized spacial score (nSPS) is 3.36. The summed E-state index contributed by atoms with van der Waals surface area (Å²) in [5, 5.41) is 0. The van der Waals surface area contributed by atoms with E-state index in [2.05, 4.69) is 54.0 Å². The first kappa shape index (κ1) is 82.0. The summed E-state index contributed by atoms with van der Waals surface area (Å²) in [6.07, 6.45) is 2.50. The molecule has 0 aliphatic rings. The summed E-state index contributed by atoms with van der Waals surface area (Å²) in [6.45, 7) is 40.5. The number of hydrogen-bond donors (Lipinski definition) is 0. The van der Waals surface area contributed by atoms with Crippen molar-refractivity contribution in [3.8, 4) is 0 Å². The Labute approximate surface area is 151 Å².